The van der Waals surface area contributed by atoms with Crippen LogP contribution in [0.3, 0.4) is 0 Å². The number of aromatic nitrogens is 3. The summed E-state index contributed by atoms with van der Waals surface area (Å²) in [5.74, 6) is 0. The zero-order chi connectivity index (χ0) is 10.3. The van der Waals surface area contributed by atoms with Crippen LogP contribution in [-0.2, 0) is 5.41 Å². The molecule has 0 aliphatic heterocycles. The van der Waals surface area contributed by atoms with E-state index in [2.05, 4.69) is 33.7 Å². The summed E-state index contributed by atoms with van der Waals surface area (Å²) < 4.78 is 2.05. The van der Waals surface area contributed by atoms with Crippen molar-refractivity contribution in [3.63, 3.8) is 0 Å². The highest BCUT2D eigenvalue weighted by molar-refractivity contribution is 5.47. The first-order valence-corrected chi connectivity index (χ1v) is 5.64. The SMILES string of the molecule is CCC1(c2ccc3cncnn23)CCC1. The largest absolute Gasteiger partial charge is 0.241 e. The molecule has 0 spiro atoms. The Morgan fingerprint density at radius 3 is 2.93 bits per heavy atom. The number of nitrogens with zero attached hydrogens (tertiary/aromatic N) is 3. The summed E-state index contributed by atoms with van der Waals surface area (Å²) in [6, 6.07) is 4.33. The number of rotatable bonds is 2. The van der Waals surface area contributed by atoms with Crippen molar-refractivity contribution in [3.05, 3.63) is 30.4 Å². The van der Waals surface area contributed by atoms with Crippen molar-refractivity contribution in [3.8, 4) is 0 Å². The van der Waals surface area contributed by atoms with Crippen molar-refractivity contribution in [2.45, 2.75) is 38.0 Å². The maximum atomic E-state index is 4.34. The molecule has 2 heterocycles. The summed E-state index contributed by atoms with van der Waals surface area (Å²) in [5, 5.41) is 4.34. The monoisotopic (exact) mass is 201 g/mol. The van der Waals surface area contributed by atoms with Gasteiger partial charge >= 0.3 is 0 Å². The Balaban J connectivity index is 2.18. The van der Waals surface area contributed by atoms with Crippen LogP contribution >= 0.6 is 0 Å². The van der Waals surface area contributed by atoms with Crippen molar-refractivity contribution in [1.82, 2.24) is 14.6 Å². The van der Waals surface area contributed by atoms with Crippen LogP contribution in [0.15, 0.2) is 24.7 Å². The first kappa shape index (κ1) is 8.89. The highest BCUT2D eigenvalue weighted by atomic mass is 15.2. The Morgan fingerprint density at radius 2 is 2.27 bits per heavy atom. The third kappa shape index (κ3) is 1.12. The van der Waals surface area contributed by atoms with Gasteiger partial charge in [-0.1, -0.05) is 13.3 Å². The lowest BCUT2D eigenvalue weighted by atomic mass is 9.65. The quantitative estimate of drug-likeness (QED) is 0.747. The second kappa shape index (κ2) is 3.05. The standard InChI is InChI=1S/C12H15N3/c1-2-12(6-3-7-12)11-5-4-10-8-13-9-14-15(10)11/h4-5,8-9H,2-3,6-7H2,1H3. The number of hydrogen-bond donors (Lipinski definition) is 0. The van der Waals surface area contributed by atoms with Crippen LogP contribution < -0.4 is 0 Å². The van der Waals surface area contributed by atoms with Gasteiger partial charge in [0.1, 0.15) is 6.33 Å². The molecule has 2 aromatic rings. The predicted molar refractivity (Wildman–Crippen MR) is 58.8 cm³/mol. The minimum absolute atomic E-state index is 0.390. The summed E-state index contributed by atoms with van der Waals surface area (Å²) in [7, 11) is 0. The Labute approximate surface area is 89.1 Å². The minimum Gasteiger partial charge on any atom is -0.241 e. The maximum Gasteiger partial charge on any atom is 0.136 e. The Kier molecular flexibility index (Phi) is 1.81. The highest BCUT2D eigenvalue weighted by Crippen LogP contribution is 2.46. The zero-order valence-electron chi connectivity index (χ0n) is 8.98. The van der Waals surface area contributed by atoms with Gasteiger partial charge in [-0.3, -0.25) is 0 Å². The summed E-state index contributed by atoms with van der Waals surface area (Å²) in [5.41, 5.74) is 2.86. The van der Waals surface area contributed by atoms with Crippen molar-refractivity contribution in [2.24, 2.45) is 0 Å². The van der Waals surface area contributed by atoms with Crippen LogP contribution in [0.2, 0.25) is 0 Å². The van der Waals surface area contributed by atoms with Gasteiger partial charge in [0.25, 0.3) is 0 Å². The van der Waals surface area contributed by atoms with Crippen LogP contribution in [0, 0.1) is 0 Å². The first-order valence-electron chi connectivity index (χ1n) is 5.64. The van der Waals surface area contributed by atoms with E-state index >= 15 is 0 Å². The van der Waals surface area contributed by atoms with E-state index in [1.807, 2.05) is 6.20 Å². The summed E-state index contributed by atoms with van der Waals surface area (Å²) in [6.07, 6.45) is 8.67. The molecule has 15 heavy (non-hydrogen) atoms. The molecule has 0 aromatic carbocycles. The molecule has 1 saturated carbocycles. The van der Waals surface area contributed by atoms with E-state index in [1.165, 1.54) is 31.4 Å². The highest BCUT2D eigenvalue weighted by Gasteiger charge is 2.39. The fourth-order valence-corrected chi connectivity index (χ4v) is 2.66. The molecule has 1 aliphatic carbocycles. The van der Waals surface area contributed by atoms with Crippen molar-refractivity contribution in [1.29, 1.82) is 0 Å². The van der Waals surface area contributed by atoms with Crippen molar-refractivity contribution >= 4 is 5.52 Å². The van der Waals surface area contributed by atoms with Crippen LogP contribution in [0.5, 0.6) is 0 Å². The van der Waals surface area contributed by atoms with E-state index in [0.29, 0.717) is 5.41 Å². The molecule has 1 fully saturated rings. The van der Waals surface area contributed by atoms with Crippen LogP contribution in [-0.4, -0.2) is 14.6 Å². The molecule has 0 unspecified atom stereocenters. The summed E-state index contributed by atoms with van der Waals surface area (Å²) >= 11 is 0. The third-order valence-electron chi connectivity index (χ3n) is 3.86. The molecule has 0 amide bonds. The molecule has 78 valence electrons. The van der Waals surface area contributed by atoms with Crippen molar-refractivity contribution < 1.29 is 0 Å². The van der Waals surface area contributed by atoms with Gasteiger partial charge in [0.15, 0.2) is 0 Å². The Hall–Kier alpha value is -1.38. The molecular weight excluding hydrogens is 186 g/mol. The molecule has 0 atom stereocenters. The average molecular weight is 201 g/mol. The third-order valence-corrected chi connectivity index (χ3v) is 3.86. The predicted octanol–water partition coefficient (Wildman–Crippen LogP) is 2.56. The molecule has 2 aromatic heterocycles. The van der Waals surface area contributed by atoms with E-state index in [-0.39, 0.29) is 0 Å². The van der Waals surface area contributed by atoms with Gasteiger partial charge in [0, 0.05) is 11.1 Å². The molecule has 0 radical (unpaired) electrons. The molecule has 0 saturated heterocycles. The minimum atomic E-state index is 0.390. The lowest BCUT2D eigenvalue weighted by Crippen LogP contribution is -2.34. The van der Waals surface area contributed by atoms with Gasteiger partial charge < -0.3 is 0 Å². The molecule has 3 rings (SSSR count). The van der Waals surface area contributed by atoms with Gasteiger partial charge in [0.05, 0.1) is 11.7 Å². The van der Waals surface area contributed by atoms with Gasteiger partial charge in [-0.2, -0.15) is 5.10 Å². The van der Waals surface area contributed by atoms with E-state index in [0.717, 1.165) is 5.52 Å². The zero-order valence-corrected chi connectivity index (χ0v) is 8.98. The normalized spacial score (nSPS) is 19.0. The fourth-order valence-electron chi connectivity index (χ4n) is 2.66. The van der Waals surface area contributed by atoms with Gasteiger partial charge in [0.2, 0.25) is 0 Å². The molecule has 0 N–H and O–H groups in total. The van der Waals surface area contributed by atoms with E-state index in [9.17, 15) is 0 Å². The van der Waals surface area contributed by atoms with Gasteiger partial charge in [-0.25, -0.2) is 9.50 Å². The van der Waals surface area contributed by atoms with Gasteiger partial charge in [-0.05, 0) is 31.4 Å². The average Bonchev–Trinajstić information content (AvgIpc) is 2.62. The fraction of sp³-hybridized carbons (Fsp3) is 0.500. The molecule has 3 nitrogen and oxygen atoms in total. The van der Waals surface area contributed by atoms with Crippen molar-refractivity contribution in [2.75, 3.05) is 0 Å². The molecule has 3 heteroatoms. The van der Waals surface area contributed by atoms with Crippen LogP contribution in [0.4, 0.5) is 0 Å². The smallest absolute Gasteiger partial charge is 0.136 e. The van der Waals surface area contributed by atoms with Gasteiger partial charge in [-0.15, -0.1) is 0 Å². The van der Waals surface area contributed by atoms with E-state index < -0.39 is 0 Å². The second-order valence-corrected chi connectivity index (χ2v) is 4.45. The molecule has 1 aliphatic rings. The van der Waals surface area contributed by atoms with Crippen LogP contribution in [0.25, 0.3) is 5.52 Å². The Morgan fingerprint density at radius 1 is 1.40 bits per heavy atom. The lowest BCUT2D eigenvalue weighted by molar-refractivity contribution is 0.224. The summed E-state index contributed by atoms with van der Waals surface area (Å²) in [4.78, 5) is 4.05. The summed E-state index contributed by atoms with van der Waals surface area (Å²) in [6.45, 7) is 2.28. The number of hydrogen-bond acceptors (Lipinski definition) is 2. The molecule has 0 bridgehead atoms. The van der Waals surface area contributed by atoms with E-state index in [4.69, 9.17) is 0 Å². The molecular formula is C12H15N3. The second-order valence-electron chi connectivity index (χ2n) is 4.45. The first-order chi connectivity index (χ1) is 7.36. The topological polar surface area (TPSA) is 30.2 Å². The number of fused-ring (bicyclic) bond motifs is 1. The van der Waals surface area contributed by atoms with E-state index in [1.54, 1.807) is 6.33 Å². The van der Waals surface area contributed by atoms with Crippen LogP contribution in [0.1, 0.15) is 38.3 Å². The lowest BCUT2D eigenvalue weighted by Gasteiger charge is -2.40. The Bertz CT molecular complexity index is 477. The maximum absolute atomic E-state index is 4.34.